The second kappa shape index (κ2) is 8.93. The number of rotatable bonds is 5. The first kappa shape index (κ1) is 21.3. The van der Waals surface area contributed by atoms with E-state index in [2.05, 4.69) is 5.32 Å². The lowest BCUT2D eigenvalue weighted by atomic mass is 10.2. The van der Waals surface area contributed by atoms with E-state index in [0.29, 0.717) is 27.1 Å². The lowest BCUT2D eigenvalue weighted by molar-refractivity contribution is -0.111. The number of carboxylic acids is 1. The molecule has 5 nitrogen and oxygen atoms in total. The summed E-state index contributed by atoms with van der Waals surface area (Å²) < 4.78 is 5.67. The van der Waals surface area contributed by atoms with Gasteiger partial charge in [-0.05, 0) is 42.5 Å². The van der Waals surface area contributed by atoms with Gasteiger partial charge in [-0.25, -0.2) is 4.79 Å². The molecule has 1 heterocycles. The summed E-state index contributed by atoms with van der Waals surface area (Å²) in [6.45, 7) is 0. The maximum Gasteiger partial charge on any atom is 0.337 e. The molecule has 2 aromatic carbocycles. The van der Waals surface area contributed by atoms with Crippen LogP contribution >= 0.6 is 46.4 Å². The summed E-state index contributed by atoms with van der Waals surface area (Å²) in [7, 11) is 0. The number of halogens is 4. The fraction of sp³-hybridized carbons (Fsp3) is 0. The number of hydrogen-bond acceptors (Lipinski definition) is 3. The molecule has 0 saturated carbocycles. The Morgan fingerprint density at radius 2 is 1.72 bits per heavy atom. The number of hydrogen-bond donors (Lipinski definition) is 2. The van der Waals surface area contributed by atoms with Crippen molar-refractivity contribution in [3.05, 3.63) is 80.0 Å². The van der Waals surface area contributed by atoms with E-state index in [1.165, 1.54) is 24.3 Å². The third kappa shape index (κ3) is 4.95. The second-order valence-electron chi connectivity index (χ2n) is 5.74. The van der Waals surface area contributed by atoms with Gasteiger partial charge in [-0.2, -0.15) is 0 Å². The minimum atomic E-state index is -1.24. The first-order chi connectivity index (χ1) is 13.8. The standard InChI is InChI=1S/C20H11Cl4NO4/c21-13-3-1-2-11(19(13)24)17-6-4-10(29-17)5-7-18(26)25-16-8-12(20(27)28)14(22)9-15(16)23/h1-9H,(H,25,26)(H,27,28)/b7-5+. The molecule has 2 N–H and O–H groups in total. The Balaban J connectivity index is 1.75. The molecule has 3 aromatic rings. The highest BCUT2D eigenvalue weighted by Crippen LogP contribution is 2.34. The van der Waals surface area contributed by atoms with Crippen molar-refractivity contribution < 1.29 is 19.1 Å². The van der Waals surface area contributed by atoms with E-state index in [-0.39, 0.29) is 21.3 Å². The summed E-state index contributed by atoms with van der Waals surface area (Å²) in [5.74, 6) is -0.881. The fourth-order valence-electron chi connectivity index (χ4n) is 2.42. The van der Waals surface area contributed by atoms with Crippen LogP contribution in [0.1, 0.15) is 16.1 Å². The normalized spacial score (nSPS) is 11.0. The van der Waals surface area contributed by atoms with Gasteiger partial charge >= 0.3 is 5.97 Å². The van der Waals surface area contributed by atoms with Crippen LogP contribution in [0.5, 0.6) is 0 Å². The van der Waals surface area contributed by atoms with Crippen LogP contribution in [0.4, 0.5) is 5.69 Å². The quantitative estimate of drug-likeness (QED) is 0.397. The van der Waals surface area contributed by atoms with E-state index >= 15 is 0 Å². The molecule has 1 aromatic heterocycles. The van der Waals surface area contributed by atoms with Gasteiger partial charge in [-0.15, -0.1) is 0 Å². The van der Waals surface area contributed by atoms with E-state index in [1.807, 2.05) is 0 Å². The van der Waals surface area contributed by atoms with Crippen molar-refractivity contribution >= 4 is 70.0 Å². The highest BCUT2D eigenvalue weighted by Gasteiger charge is 2.14. The van der Waals surface area contributed by atoms with Crippen molar-refractivity contribution in [3.63, 3.8) is 0 Å². The number of aromatic carboxylic acids is 1. The third-order valence-electron chi connectivity index (χ3n) is 3.79. The Labute approximate surface area is 185 Å². The van der Waals surface area contributed by atoms with Crippen LogP contribution in [0.3, 0.4) is 0 Å². The lowest BCUT2D eigenvalue weighted by Gasteiger charge is -2.07. The SMILES string of the molecule is O=C(/C=C/c1ccc(-c2cccc(Cl)c2Cl)o1)Nc1cc(C(=O)O)c(Cl)cc1Cl. The molecule has 0 aliphatic heterocycles. The summed E-state index contributed by atoms with van der Waals surface area (Å²) in [5.41, 5.74) is 0.566. The van der Waals surface area contributed by atoms with Gasteiger partial charge in [-0.1, -0.05) is 52.5 Å². The maximum atomic E-state index is 12.2. The molecule has 9 heteroatoms. The Kier molecular flexibility index (Phi) is 6.55. The summed E-state index contributed by atoms with van der Waals surface area (Å²) in [5, 5.41) is 12.5. The van der Waals surface area contributed by atoms with Crippen LogP contribution in [0.15, 0.2) is 53.0 Å². The molecule has 1 amide bonds. The summed E-state index contributed by atoms with van der Waals surface area (Å²) in [6.07, 6.45) is 2.66. The summed E-state index contributed by atoms with van der Waals surface area (Å²) >= 11 is 24.0. The van der Waals surface area contributed by atoms with E-state index in [1.54, 1.807) is 30.3 Å². The highest BCUT2D eigenvalue weighted by atomic mass is 35.5. The molecular weight excluding hydrogens is 460 g/mol. The number of carboxylic acid groups (broad SMARTS) is 1. The molecule has 0 unspecified atom stereocenters. The van der Waals surface area contributed by atoms with E-state index in [4.69, 9.17) is 55.9 Å². The predicted octanol–water partition coefficient (Wildman–Crippen LogP) is 6.91. The Hall–Kier alpha value is -2.44. The molecule has 0 aliphatic rings. The molecule has 29 heavy (non-hydrogen) atoms. The number of nitrogens with one attached hydrogen (secondary N) is 1. The van der Waals surface area contributed by atoms with Crippen LogP contribution in [0.25, 0.3) is 17.4 Å². The molecule has 148 valence electrons. The zero-order chi connectivity index (χ0) is 21.1. The number of carbonyl (C=O) groups excluding carboxylic acids is 1. The van der Waals surface area contributed by atoms with Crippen LogP contribution in [-0.2, 0) is 4.79 Å². The van der Waals surface area contributed by atoms with Crippen molar-refractivity contribution in [3.8, 4) is 11.3 Å². The van der Waals surface area contributed by atoms with Crippen LogP contribution in [0.2, 0.25) is 20.1 Å². The van der Waals surface area contributed by atoms with Gasteiger partial charge in [0, 0.05) is 11.6 Å². The average molecular weight is 471 g/mol. The molecule has 0 bridgehead atoms. The molecule has 0 spiro atoms. The van der Waals surface area contributed by atoms with E-state index in [9.17, 15) is 9.59 Å². The molecule has 0 radical (unpaired) electrons. The maximum absolute atomic E-state index is 12.2. The zero-order valence-electron chi connectivity index (χ0n) is 14.4. The Morgan fingerprint density at radius 1 is 0.966 bits per heavy atom. The fourth-order valence-corrected chi connectivity index (χ4v) is 3.33. The monoisotopic (exact) mass is 469 g/mol. The largest absolute Gasteiger partial charge is 0.478 e. The second-order valence-corrected chi connectivity index (χ2v) is 7.34. The van der Waals surface area contributed by atoms with Gasteiger partial charge in [0.25, 0.3) is 0 Å². The van der Waals surface area contributed by atoms with Gasteiger partial charge in [0.1, 0.15) is 11.5 Å². The Bertz CT molecular complexity index is 1140. The number of amides is 1. The summed E-state index contributed by atoms with van der Waals surface area (Å²) in [4.78, 5) is 23.3. The van der Waals surface area contributed by atoms with Crippen LogP contribution in [0, 0.1) is 0 Å². The molecule has 0 atom stereocenters. The molecular formula is C20H11Cl4NO4. The van der Waals surface area contributed by atoms with Crippen LogP contribution < -0.4 is 5.32 Å². The lowest BCUT2D eigenvalue weighted by Crippen LogP contribution is -2.09. The van der Waals surface area contributed by atoms with Gasteiger partial charge in [0.15, 0.2) is 0 Å². The molecule has 0 saturated heterocycles. The van der Waals surface area contributed by atoms with Gasteiger partial charge in [-0.3, -0.25) is 4.79 Å². The molecule has 0 fully saturated rings. The van der Waals surface area contributed by atoms with Gasteiger partial charge in [0.2, 0.25) is 5.91 Å². The number of furan rings is 1. The van der Waals surface area contributed by atoms with Crippen molar-refractivity contribution in [1.82, 2.24) is 0 Å². The molecule has 3 rings (SSSR count). The van der Waals surface area contributed by atoms with E-state index < -0.39 is 11.9 Å². The van der Waals surface area contributed by atoms with Crippen molar-refractivity contribution in [2.45, 2.75) is 0 Å². The third-order valence-corrected chi connectivity index (χ3v) is 5.23. The van der Waals surface area contributed by atoms with Gasteiger partial charge in [0.05, 0.1) is 31.3 Å². The first-order valence-corrected chi connectivity index (χ1v) is 9.53. The van der Waals surface area contributed by atoms with Gasteiger partial charge < -0.3 is 14.8 Å². The average Bonchev–Trinajstić information content (AvgIpc) is 3.13. The van der Waals surface area contributed by atoms with E-state index in [0.717, 1.165) is 0 Å². The smallest absolute Gasteiger partial charge is 0.337 e. The van der Waals surface area contributed by atoms with Crippen molar-refractivity contribution in [2.24, 2.45) is 0 Å². The first-order valence-electron chi connectivity index (χ1n) is 8.02. The highest BCUT2D eigenvalue weighted by molar-refractivity contribution is 6.43. The molecule has 0 aliphatic carbocycles. The topological polar surface area (TPSA) is 79.5 Å². The number of benzene rings is 2. The minimum absolute atomic E-state index is 0.0289. The number of carbonyl (C=O) groups is 2. The summed E-state index contributed by atoms with van der Waals surface area (Å²) in [6, 6.07) is 11.0. The van der Waals surface area contributed by atoms with Crippen LogP contribution in [-0.4, -0.2) is 17.0 Å². The van der Waals surface area contributed by atoms with Crippen molar-refractivity contribution in [2.75, 3.05) is 5.32 Å². The van der Waals surface area contributed by atoms with Crippen molar-refractivity contribution in [1.29, 1.82) is 0 Å². The minimum Gasteiger partial charge on any atom is -0.478 e. The Morgan fingerprint density at radius 3 is 2.45 bits per heavy atom. The predicted molar refractivity (Wildman–Crippen MR) is 115 cm³/mol. The zero-order valence-corrected chi connectivity index (χ0v) is 17.4. The number of anilines is 1.